The number of nitrogens with zero attached hydrogens (tertiary/aromatic N) is 3. The molecule has 0 bridgehead atoms. The zero-order valence-electron chi connectivity index (χ0n) is 12.0. The Hall–Kier alpha value is -2.63. The van der Waals surface area contributed by atoms with E-state index in [1.54, 1.807) is 0 Å². The number of benzene rings is 1. The standard InChI is InChI=1S/C15H16N4O2/c1-3-11-16-13-12(14(20)18(2)15(21)17-13)19(11)9-10-7-5-4-6-8-10/h4-8H,3,9H2,1-2H3,(H,17,21). The van der Waals surface area contributed by atoms with E-state index in [0.29, 0.717) is 24.1 Å². The van der Waals surface area contributed by atoms with E-state index >= 15 is 0 Å². The molecule has 0 aliphatic carbocycles. The van der Waals surface area contributed by atoms with Gasteiger partial charge in [0.15, 0.2) is 11.2 Å². The number of rotatable bonds is 3. The summed E-state index contributed by atoms with van der Waals surface area (Å²) in [6, 6.07) is 9.87. The van der Waals surface area contributed by atoms with Crippen molar-refractivity contribution in [3.63, 3.8) is 0 Å². The molecule has 0 aliphatic heterocycles. The minimum Gasteiger partial charge on any atom is -0.318 e. The molecule has 0 saturated heterocycles. The topological polar surface area (TPSA) is 72.7 Å². The minimum absolute atomic E-state index is 0.322. The van der Waals surface area contributed by atoms with Crippen molar-refractivity contribution in [3.8, 4) is 0 Å². The molecule has 3 rings (SSSR count). The Morgan fingerprint density at radius 3 is 2.57 bits per heavy atom. The third kappa shape index (κ3) is 2.18. The van der Waals surface area contributed by atoms with Gasteiger partial charge in [0, 0.05) is 20.0 Å². The Balaban J connectivity index is 2.28. The fraction of sp³-hybridized carbons (Fsp3) is 0.267. The second-order valence-electron chi connectivity index (χ2n) is 4.94. The van der Waals surface area contributed by atoms with Crippen molar-refractivity contribution in [1.29, 1.82) is 0 Å². The van der Waals surface area contributed by atoms with Crippen LogP contribution in [0, 0.1) is 0 Å². The molecule has 0 aliphatic rings. The minimum atomic E-state index is -0.445. The van der Waals surface area contributed by atoms with Crippen LogP contribution in [0.2, 0.25) is 0 Å². The lowest BCUT2D eigenvalue weighted by Gasteiger charge is -2.08. The molecule has 1 N–H and O–H groups in total. The van der Waals surface area contributed by atoms with Gasteiger partial charge in [-0.05, 0) is 5.56 Å². The van der Waals surface area contributed by atoms with Crippen LogP contribution >= 0.6 is 0 Å². The molecule has 2 aromatic heterocycles. The van der Waals surface area contributed by atoms with Gasteiger partial charge in [-0.25, -0.2) is 9.78 Å². The van der Waals surface area contributed by atoms with Crippen molar-refractivity contribution in [1.82, 2.24) is 19.1 Å². The number of H-pyrrole nitrogens is 1. The van der Waals surface area contributed by atoms with Crippen LogP contribution in [0.1, 0.15) is 18.3 Å². The average Bonchev–Trinajstić information content (AvgIpc) is 2.83. The first kappa shape index (κ1) is 13.4. The molecule has 0 saturated carbocycles. The van der Waals surface area contributed by atoms with Crippen LogP contribution in [0.5, 0.6) is 0 Å². The first-order chi connectivity index (χ1) is 10.1. The zero-order chi connectivity index (χ0) is 15.0. The fourth-order valence-electron chi connectivity index (χ4n) is 2.45. The number of aromatic amines is 1. The van der Waals surface area contributed by atoms with E-state index < -0.39 is 5.69 Å². The maximum Gasteiger partial charge on any atom is 0.329 e. The quantitative estimate of drug-likeness (QED) is 0.781. The monoisotopic (exact) mass is 284 g/mol. The Labute approximate surface area is 120 Å². The largest absolute Gasteiger partial charge is 0.329 e. The van der Waals surface area contributed by atoms with E-state index in [0.717, 1.165) is 16.0 Å². The molecular weight excluding hydrogens is 268 g/mol. The Morgan fingerprint density at radius 2 is 1.90 bits per heavy atom. The number of aromatic nitrogens is 4. The van der Waals surface area contributed by atoms with Gasteiger partial charge in [0.05, 0.1) is 0 Å². The first-order valence-electron chi connectivity index (χ1n) is 6.84. The maximum absolute atomic E-state index is 12.4. The van der Waals surface area contributed by atoms with Crippen molar-refractivity contribution in [2.45, 2.75) is 19.9 Å². The van der Waals surface area contributed by atoms with Gasteiger partial charge in [0.2, 0.25) is 0 Å². The van der Waals surface area contributed by atoms with E-state index in [4.69, 9.17) is 0 Å². The molecule has 108 valence electrons. The third-order valence-corrected chi connectivity index (χ3v) is 3.58. The van der Waals surface area contributed by atoms with E-state index in [1.807, 2.05) is 41.8 Å². The van der Waals surface area contributed by atoms with Crippen LogP contribution in [0.25, 0.3) is 11.2 Å². The van der Waals surface area contributed by atoms with Crippen molar-refractivity contribution in [3.05, 3.63) is 62.6 Å². The highest BCUT2D eigenvalue weighted by Gasteiger charge is 2.15. The van der Waals surface area contributed by atoms with E-state index in [-0.39, 0.29) is 5.56 Å². The van der Waals surface area contributed by atoms with Gasteiger partial charge in [0.25, 0.3) is 5.56 Å². The lowest BCUT2D eigenvalue weighted by molar-refractivity contribution is 0.737. The fourth-order valence-corrected chi connectivity index (χ4v) is 2.45. The van der Waals surface area contributed by atoms with Gasteiger partial charge in [0.1, 0.15) is 5.82 Å². The van der Waals surface area contributed by atoms with E-state index in [9.17, 15) is 9.59 Å². The van der Waals surface area contributed by atoms with Gasteiger partial charge in [-0.3, -0.25) is 14.3 Å². The van der Waals surface area contributed by atoms with Gasteiger partial charge in [-0.15, -0.1) is 0 Å². The molecule has 1 aromatic carbocycles. The molecule has 0 amide bonds. The molecular formula is C15H16N4O2. The summed E-state index contributed by atoms with van der Waals surface area (Å²) >= 11 is 0. The molecule has 0 unspecified atom stereocenters. The number of imidazole rings is 1. The summed E-state index contributed by atoms with van der Waals surface area (Å²) in [6.45, 7) is 2.53. The van der Waals surface area contributed by atoms with Crippen molar-refractivity contribution in [2.75, 3.05) is 0 Å². The number of hydrogen-bond acceptors (Lipinski definition) is 3. The molecule has 0 radical (unpaired) electrons. The second kappa shape index (κ2) is 5.05. The molecule has 6 nitrogen and oxygen atoms in total. The number of fused-ring (bicyclic) bond motifs is 1. The van der Waals surface area contributed by atoms with Crippen molar-refractivity contribution >= 4 is 11.2 Å². The van der Waals surface area contributed by atoms with Crippen LogP contribution in [0.15, 0.2) is 39.9 Å². The molecule has 3 aromatic rings. The summed E-state index contributed by atoms with van der Waals surface area (Å²) in [5.74, 6) is 0.785. The van der Waals surface area contributed by atoms with Crippen LogP contribution < -0.4 is 11.2 Å². The predicted octanol–water partition coefficient (Wildman–Crippen LogP) is 1.03. The summed E-state index contributed by atoms with van der Waals surface area (Å²) in [6.07, 6.45) is 0.687. The average molecular weight is 284 g/mol. The van der Waals surface area contributed by atoms with Crippen molar-refractivity contribution < 1.29 is 0 Å². The van der Waals surface area contributed by atoms with Gasteiger partial charge < -0.3 is 4.57 Å². The van der Waals surface area contributed by atoms with Crippen LogP contribution in [-0.4, -0.2) is 19.1 Å². The highest BCUT2D eigenvalue weighted by Crippen LogP contribution is 2.13. The Kier molecular flexibility index (Phi) is 3.21. The van der Waals surface area contributed by atoms with Crippen LogP contribution in [0.3, 0.4) is 0 Å². The third-order valence-electron chi connectivity index (χ3n) is 3.58. The number of hydrogen-bond donors (Lipinski definition) is 1. The summed E-state index contributed by atoms with van der Waals surface area (Å²) in [7, 11) is 1.46. The first-order valence-corrected chi connectivity index (χ1v) is 6.84. The maximum atomic E-state index is 12.4. The van der Waals surface area contributed by atoms with E-state index in [1.165, 1.54) is 7.05 Å². The summed E-state index contributed by atoms with van der Waals surface area (Å²) in [5, 5.41) is 0. The Bertz CT molecular complexity index is 903. The second-order valence-corrected chi connectivity index (χ2v) is 4.94. The lowest BCUT2D eigenvalue weighted by atomic mass is 10.2. The van der Waals surface area contributed by atoms with Crippen LogP contribution in [0.4, 0.5) is 0 Å². The van der Waals surface area contributed by atoms with Gasteiger partial charge in [-0.2, -0.15) is 0 Å². The van der Waals surface area contributed by atoms with Gasteiger partial charge in [-0.1, -0.05) is 37.3 Å². The van der Waals surface area contributed by atoms with Crippen molar-refractivity contribution in [2.24, 2.45) is 7.05 Å². The summed E-state index contributed by atoms with van der Waals surface area (Å²) in [4.78, 5) is 31.1. The summed E-state index contributed by atoms with van der Waals surface area (Å²) < 4.78 is 2.95. The number of aryl methyl sites for hydroxylation is 1. The molecule has 0 spiro atoms. The normalized spacial score (nSPS) is 11.1. The molecule has 0 atom stereocenters. The smallest absolute Gasteiger partial charge is 0.318 e. The molecule has 6 heteroatoms. The summed E-state index contributed by atoms with van der Waals surface area (Å²) in [5.41, 5.74) is 1.12. The van der Waals surface area contributed by atoms with Crippen LogP contribution in [-0.2, 0) is 20.0 Å². The van der Waals surface area contributed by atoms with E-state index in [2.05, 4.69) is 9.97 Å². The van der Waals surface area contributed by atoms with Gasteiger partial charge >= 0.3 is 5.69 Å². The lowest BCUT2D eigenvalue weighted by Crippen LogP contribution is -2.33. The Morgan fingerprint density at radius 1 is 1.19 bits per heavy atom. The molecule has 21 heavy (non-hydrogen) atoms. The highest BCUT2D eigenvalue weighted by atomic mass is 16.2. The SMILES string of the molecule is CCc1nc2[nH]c(=O)n(C)c(=O)c2n1Cc1ccccc1. The molecule has 0 fully saturated rings. The predicted molar refractivity (Wildman–Crippen MR) is 80.5 cm³/mol. The highest BCUT2D eigenvalue weighted by molar-refractivity contribution is 5.70. The zero-order valence-corrected chi connectivity index (χ0v) is 12.0. The molecule has 2 heterocycles. The number of nitrogens with one attached hydrogen (secondary N) is 1.